The van der Waals surface area contributed by atoms with Gasteiger partial charge >= 0.3 is 5.97 Å². The van der Waals surface area contributed by atoms with E-state index in [0.717, 1.165) is 5.56 Å². The second kappa shape index (κ2) is 5.39. The molecule has 1 rings (SSSR count). The van der Waals surface area contributed by atoms with Gasteiger partial charge in [0, 0.05) is 11.8 Å². The zero-order valence-electron chi connectivity index (χ0n) is 9.82. The molecule has 0 saturated heterocycles. The highest BCUT2D eigenvalue weighted by Crippen LogP contribution is 2.22. The first kappa shape index (κ1) is 12.4. The quantitative estimate of drug-likeness (QED) is 0.625. The number of hydrogen-bond acceptors (Lipinski definition) is 4. The fourth-order valence-corrected chi connectivity index (χ4v) is 1.24. The van der Waals surface area contributed by atoms with Crippen molar-refractivity contribution in [3.05, 3.63) is 23.8 Å². The van der Waals surface area contributed by atoms with Crippen LogP contribution >= 0.6 is 0 Å². The summed E-state index contributed by atoms with van der Waals surface area (Å²) in [5.74, 6) is 0.241. The normalized spacial score (nSPS) is 11.9. The van der Waals surface area contributed by atoms with E-state index in [1.165, 1.54) is 0 Å². The Kier molecular flexibility index (Phi) is 4.17. The lowest BCUT2D eigenvalue weighted by Gasteiger charge is -2.15. The molecule has 0 aliphatic rings. The maximum Gasteiger partial charge on any atom is 0.347 e. The third-order valence-electron chi connectivity index (χ3n) is 2.13. The second-order valence-electron chi connectivity index (χ2n) is 3.54. The third kappa shape index (κ3) is 3.15. The Morgan fingerprint density at radius 2 is 2.19 bits per heavy atom. The van der Waals surface area contributed by atoms with Crippen LogP contribution in [0, 0.1) is 6.92 Å². The van der Waals surface area contributed by atoms with Gasteiger partial charge in [-0.05, 0) is 32.4 Å². The third-order valence-corrected chi connectivity index (χ3v) is 2.13. The summed E-state index contributed by atoms with van der Waals surface area (Å²) in [5.41, 5.74) is 7.19. The molecular weight excluding hydrogens is 206 g/mol. The van der Waals surface area contributed by atoms with E-state index in [-0.39, 0.29) is 5.97 Å². The Morgan fingerprint density at radius 3 is 2.81 bits per heavy atom. The summed E-state index contributed by atoms with van der Waals surface area (Å²) in [4.78, 5) is 11.4. The van der Waals surface area contributed by atoms with Crippen LogP contribution < -0.4 is 10.5 Å². The zero-order valence-corrected chi connectivity index (χ0v) is 9.82. The van der Waals surface area contributed by atoms with Crippen LogP contribution in [0.2, 0.25) is 0 Å². The highest BCUT2D eigenvalue weighted by molar-refractivity contribution is 5.74. The smallest absolute Gasteiger partial charge is 0.347 e. The molecule has 0 fully saturated rings. The van der Waals surface area contributed by atoms with Gasteiger partial charge in [-0.25, -0.2) is 4.79 Å². The van der Waals surface area contributed by atoms with Gasteiger partial charge in [0.15, 0.2) is 6.10 Å². The van der Waals surface area contributed by atoms with E-state index in [1.54, 1.807) is 26.0 Å². The molecule has 0 aromatic heterocycles. The monoisotopic (exact) mass is 223 g/mol. The first-order chi connectivity index (χ1) is 7.54. The van der Waals surface area contributed by atoms with Gasteiger partial charge in [0.1, 0.15) is 5.75 Å². The average Bonchev–Trinajstić information content (AvgIpc) is 2.23. The molecular formula is C12H17NO3. The fraction of sp³-hybridized carbons (Fsp3) is 0.417. The van der Waals surface area contributed by atoms with Crippen molar-refractivity contribution in [3.63, 3.8) is 0 Å². The van der Waals surface area contributed by atoms with Crippen LogP contribution in [0.15, 0.2) is 18.2 Å². The van der Waals surface area contributed by atoms with Crippen molar-refractivity contribution < 1.29 is 14.3 Å². The van der Waals surface area contributed by atoms with E-state index >= 15 is 0 Å². The number of anilines is 1. The van der Waals surface area contributed by atoms with Crippen LogP contribution in [-0.2, 0) is 9.53 Å². The van der Waals surface area contributed by atoms with Crippen molar-refractivity contribution in [2.75, 3.05) is 12.3 Å². The van der Waals surface area contributed by atoms with Gasteiger partial charge in [-0.3, -0.25) is 0 Å². The lowest BCUT2D eigenvalue weighted by molar-refractivity contribution is -0.150. The summed E-state index contributed by atoms with van der Waals surface area (Å²) in [6.07, 6.45) is -0.625. The number of carbonyl (C=O) groups excluding carboxylic acids is 1. The molecule has 1 atom stereocenters. The van der Waals surface area contributed by atoms with Crippen LogP contribution in [0.5, 0.6) is 5.75 Å². The van der Waals surface area contributed by atoms with Gasteiger partial charge in [-0.15, -0.1) is 0 Å². The van der Waals surface area contributed by atoms with E-state index in [0.29, 0.717) is 18.0 Å². The molecule has 2 N–H and O–H groups in total. The largest absolute Gasteiger partial charge is 0.479 e. The van der Waals surface area contributed by atoms with Crippen molar-refractivity contribution in [3.8, 4) is 5.75 Å². The highest BCUT2D eigenvalue weighted by atomic mass is 16.6. The molecule has 0 spiro atoms. The maximum absolute atomic E-state index is 11.4. The predicted octanol–water partition coefficient (Wildman–Crippen LogP) is 1.91. The summed E-state index contributed by atoms with van der Waals surface area (Å²) in [6, 6.07) is 5.34. The molecule has 1 aromatic carbocycles. The molecule has 0 radical (unpaired) electrons. The molecule has 1 unspecified atom stereocenters. The average molecular weight is 223 g/mol. The Hall–Kier alpha value is -1.71. The van der Waals surface area contributed by atoms with Crippen molar-refractivity contribution in [1.29, 1.82) is 0 Å². The van der Waals surface area contributed by atoms with Crippen LogP contribution in [0.1, 0.15) is 19.4 Å². The molecule has 0 heterocycles. The van der Waals surface area contributed by atoms with Crippen LogP contribution in [-0.4, -0.2) is 18.7 Å². The Balaban J connectivity index is 2.72. The Bertz CT molecular complexity index is 377. The van der Waals surface area contributed by atoms with Crippen LogP contribution in [0.25, 0.3) is 0 Å². The van der Waals surface area contributed by atoms with E-state index < -0.39 is 6.10 Å². The van der Waals surface area contributed by atoms with Crippen molar-refractivity contribution in [1.82, 2.24) is 0 Å². The highest BCUT2D eigenvalue weighted by Gasteiger charge is 2.16. The molecule has 0 saturated carbocycles. The molecule has 88 valence electrons. The molecule has 4 nitrogen and oxygen atoms in total. The minimum absolute atomic E-state index is 0.350. The van der Waals surface area contributed by atoms with E-state index in [9.17, 15) is 4.79 Å². The second-order valence-corrected chi connectivity index (χ2v) is 3.54. The van der Waals surface area contributed by atoms with Gasteiger partial charge in [0.05, 0.1) is 6.61 Å². The van der Waals surface area contributed by atoms with Gasteiger partial charge in [0.2, 0.25) is 0 Å². The maximum atomic E-state index is 11.4. The molecule has 0 amide bonds. The van der Waals surface area contributed by atoms with E-state index in [4.69, 9.17) is 15.2 Å². The number of rotatable bonds is 4. The summed E-state index contributed by atoms with van der Waals surface area (Å²) < 4.78 is 10.3. The van der Waals surface area contributed by atoms with Crippen LogP contribution in [0.4, 0.5) is 5.69 Å². The number of hydrogen-bond donors (Lipinski definition) is 1. The molecule has 1 aromatic rings. The summed E-state index contributed by atoms with van der Waals surface area (Å²) in [6.45, 7) is 5.66. The Morgan fingerprint density at radius 1 is 1.50 bits per heavy atom. The SMILES string of the molecule is CCOC(=O)C(C)Oc1cc(N)ccc1C. The summed E-state index contributed by atoms with van der Waals surface area (Å²) in [5, 5.41) is 0. The zero-order chi connectivity index (χ0) is 12.1. The molecule has 0 aliphatic carbocycles. The standard InChI is InChI=1S/C12H17NO3/c1-4-15-12(14)9(3)16-11-7-10(13)6-5-8(11)2/h5-7,9H,4,13H2,1-3H3. The lowest BCUT2D eigenvalue weighted by atomic mass is 10.2. The van der Waals surface area contributed by atoms with Crippen molar-refractivity contribution >= 4 is 11.7 Å². The summed E-state index contributed by atoms with van der Waals surface area (Å²) >= 11 is 0. The van der Waals surface area contributed by atoms with Crippen LogP contribution in [0.3, 0.4) is 0 Å². The van der Waals surface area contributed by atoms with Gasteiger partial charge in [0.25, 0.3) is 0 Å². The Labute approximate surface area is 95.3 Å². The van der Waals surface area contributed by atoms with Crippen molar-refractivity contribution in [2.24, 2.45) is 0 Å². The molecule has 16 heavy (non-hydrogen) atoms. The van der Waals surface area contributed by atoms with E-state index in [2.05, 4.69) is 0 Å². The van der Waals surface area contributed by atoms with Gasteiger partial charge in [-0.2, -0.15) is 0 Å². The number of esters is 1. The molecule has 4 heteroatoms. The van der Waals surface area contributed by atoms with E-state index in [1.807, 2.05) is 13.0 Å². The molecule has 0 bridgehead atoms. The first-order valence-electron chi connectivity index (χ1n) is 5.24. The number of carbonyl (C=O) groups is 1. The number of nitrogen functional groups attached to an aromatic ring is 1. The topological polar surface area (TPSA) is 61.5 Å². The minimum Gasteiger partial charge on any atom is -0.479 e. The summed E-state index contributed by atoms with van der Waals surface area (Å²) in [7, 11) is 0. The first-order valence-corrected chi connectivity index (χ1v) is 5.24. The number of aryl methyl sites for hydroxylation is 1. The minimum atomic E-state index is -0.625. The fourth-order valence-electron chi connectivity index (χ4n) is 1.24. The number of benzene rings is 1. The van der Waals surface area contributed by atoms with Gasteiger partial charge in [-0.1, -0.05) is 6.07 Å². The molecule has 0 aliphatic heterocycles. The predicted molar refractivity (Wildman–Crippen MR) is 62.3 cm³/mol. The number of ether oxygens (including phenoxy) is 2. The lowest BCUT2D eigenvalue weighted by Crippen LogP contribution is -2.26. The number of nitrogens with two attached hydrogens (primary N) is 1. The van der Waals surface area contributed by atoms with Gasteiger partial charge < -0.3 is 15.2 Å². The van der Waals surface area contributed by atoms with Crippen molar-refractivity contribution in [2.45, 2.75) is 26.9 Å².